The molecule has 1 aromatic heterocycles. The number of rotatable bonds is 4. The topological polar surface area (TPSA) is 79.5 Å². The van der Waals surface area contributed by atoms with Gasteiger partial charge in [0, 0.05) is 36.8 Å². The fourth-order valence-electron chi connectivity index (χ4n) is 4.36. The molecule has 1 unspecified atom stereocenters. The summed E-state index contributed by atoms with van der Waals surface area (Å²) in [6.45, 7) is 3.23. The lowest BCUT2D eigenvalue weighted by molar-refractivity contribution is -0.133. The number of benzene rings is 3. The summed E-state index contributed by atoms with van der Waals surface area (Å²) >= 11 is 0. The lowest BCUT2D eigenvalue weighted by Crippen LogP contribution is -2.55. The van der Waals surface area contributed by atoms with Gasteiger partial charge in [-0.05, 0) is 42.0 Å². The second-order valence-electron chi connectivity index (χ2n) is 8.42. The van der Waals surface area contributed by atoms with E-state index in [1.54, 1.807) is 17.0 Å². The molecule has 1 saturated heterocycles. The van der Waals surface area contributed by atoms with Crippen molar-refractivity contribution < 1.29 is 18.5 Å². The van der Waals surface area contributed by atoms with Gasteiger partial charge in [-0.25, -0.2) is 4.39 Å². The van der Waals surface area contributed by atoms with Crippen molar-refractivity contribution in [2.24, 2.45) is 0 Å². The number of aromatic nitrogens is 2. The van der Waals surface area contributed by atoms with E-state index in [0.717, 1.165) is 10.8 Å². The van der Waals surface area contributed by atoms with Crippen LogP contribution in [0.15, 0.2) is 71.3 Å². The van der Waals surface area contributed by atoms with Crippen LogP contribution in [-0.4, -0.2) is 57.4 Å². The van der Waals surface area contributed by atoms with Crippen LogP contribution in [0.4, 0.5) is 4.39 Å². The maximum absolute atomic E-state index is 13.4. The molecule has 5 rings (SSSR count). The number of hydrogen-bond donors (Lipinski definition) is 0. The summed E-state index contributed by atoms with van der Waals surface area (Å²) in [5.41, 5.74) is 1.13. The van der Waals surface area contributed by atoms with Gasteiger partial charge >= 0.3 is 0 Å². The molecule has 2 amide bonds. The van der Waals surface area contributed by atoms with Gasteiger partial charge in [-0.3, -0.25) is 9.59 Å². The molecule has 1 atom stereocenters. The van der Waals surface area contributed by atoms with Crippen molar-refractivity contribution in [1.82, 2.24) is 19.9 Å². The van der Waals surface area contributed by atoms with E-state index in [2.05, 4.69) is 10.1 Å². The predicted molar refractivity (Wildman–Crippen MR) is 124 cm³/mol. The normalized spacial score (nSPS) is 16.1. The molecule has 1 aliphatic rings. The van der Waals surface area contributed by atoms with E-state index in [9.17, 15) is 14.0 Å². The largest absolute Gasteiger partial charge is 0.338 e. The highest BCUT2D eigenvalue weighted by molar-refractivity contribution is 6.07. The fraction of sp³-hybridized carbons (Fsp3) is 0.231. The first-order valence-electron chi connectivity index (χ1n) is 11.1. The van der Waals surface area contributed by atoms with Crippen LogP contribution in [0, 0.1) is 5.82 Å². The zero-order valence-electron chi connectivity index (χ0n) is 18.6. The van der Waals surface area contributed by atoms with Gasteiger partial charge in [-0.1, -0.05) is 47.6 Å². The Kier molecular flexibility index (Phi) is 5.79. The lowest BCUT2D eigenvalue weighted by Gasteiger charge is -2.40. The molecule has 0 bridgehead atoms. The van der Waals surface area contributed by atoms with Gasteiger partial charge in [0.2, 0.25) is 5.91 Å². The zero-order valence-corrected chi connectivity index (χ0v) is 18.6. The van der Waals surface area contributed by atoms with Gasteiger partial charge < -0.3 is 14.3 Å². The maximum Gasteiger partial charge on any atom is 0.258 e. The third-order valence-electron chi connectivity index (χ3n) is 6.11. The molecule has 3 aromatic carbocycles. The molecule has 0 spiro atoms. The van der Waals surface area contributed by atoms with Crippen molar-refractivity contribution in [3.63, 3.8) is 0 Å². The molecule has 34 heavy (non-hydrogen) atoms. The van der Waals surface area contributed by atoms with E-state index in [1.807, 2.05) is 54.3 Å². The number of hydrogen-bond acceptors (Lipinski definition) is 5. The van der Waals surface area contributed by atoms with E-state index in [1.165, 1.54) is 12.1 Å². The van der Waals surface area contributed by atoms with Crippen molar-refractivity contribution >= 4 is 22.6 Å². The third kappa shape index (κ3) is 4.26. The number of carbonyl (C=O) groups excluding carboxylic acids is 2. The van der Waals surface area contributed by atoms with E-state index in [0.29, 0.717) is 30.8 Å². The molecule has 1 fully saturated rings. The smallest absolute Gasteiger partial charge is 0.258 e. The van der Waals surface area contributed by atoms with E-state index < -0.39 is 5.82 Å². The predicted octanol–water partition coefficient (Wildman–Crippen LogP) is 3.94. The van der Waals surface area contributed by atoms with Crippen LogP contribution < -0.4 is 0 Å². The van der Waals surface area contributed by atoms with Crippen LogP contribution in [-0.2, 0) is 11.2 Å². The van der Waals surface area contributed by atoms with Crippen molar-refractivity contribution in [3.8, 4) is 11.5 Å². The van der Waals surface area contributed by atoms with Crippen molar-refractivity contribution in [2.75, 3.05) is 19.6 Å². The summed E-state index contributed by atoms with van der Waals surface area (Å²) in [7, 11) is 0. The van der Waals surface area contributed by atoms with Crippen LogP contribution in [0.25, 0.3) is 22.2 Å². The number of halogens is 1. The maximum atomic E-state index is 13.4. The third-order valence-corrected chi connectivity index (χ3v) is 6.11. The average Bonchev–Trinajstić information content (AvgIpc) is 3.31. The lowest BCUT2D eigenvalue weighted by atomic mass is 10.0. The molecule has 7 nitrogen and oxygen atoms in total. The second kappa shape index (κ2) is 9.05. The Morgan fingerprint density at radius 1 is 1.06 bits per heavy atom. The minimum Gasteiger partial charge on any atom is -0.338 e. The standard InChI is InChI=1S/C26H23FN4O3/c1-17-16-30(24(32)15-23-28-25(34-29-23)19-8-4-9-20(27)14-19)12-13-31(17)26(33)22-11-5-7-18-6-2-3-10-21(18)22/h2-11,14,17H,12-13,15-16H2,1H3. The SMILES string of the molecule is CC1CN(C(=O)Cc2noc(-c3cccc(F)c3)n2)CCN1C(=O)c1cccc2ccccc12. The summed E-state index contributed by atoms with van der Waals surface area (Å²) in [6.07, 6.45) is -0.0250. The van der Waals surface area contributed by atoms with Crippen molar-refractivity contribution in [2.45, 2.75) is 19.4 Å². The van der Waals surface area contributed by atoms with Gasteiger partial charge in [-0.15, -0.1) is 0 Å². The quantitative estimate of drug-likeness (QED) is 0.463. The van der Waals surface area contributed by atoms with Crippen LogP contribution in [0.3, 0.4) is 0 Å². The van der Waals surface area contributed by atoms with Gasteiger partial charge in [0.15, 0.2) is 5.82 Å². The Morgan fingerprint density at radius 2 is 1.85 bits per heavy atom. The molecule has 4 aromatic rings. The number of amides is 2. The minimum absolute atomic E-state index is 0.0250. The van der Waals surface area contributed by atoms with Gasteiger partial charge in [0.25, 0.3) is 11.8 Å². The summed E-state index contributed by atoms with van der Waals surface area (Å²) in [5.74, 6) is -0.171. The second-order valence-corrected chi connectivity index (χ2v) is 8.42. The summed E-state index contributed by atoms with van der Waals surface area (Å²) < 4.78 is 18.6. The number of nitrogens with zero attached hydrogens (tertiary/aromatic N) is 4. The average molecular weight is 458 g/mol. The fourth-order valence-corrected chi connectivity index (χ4v) is 4.36. The number of fused-ring (bicyclic) bond motifs is 1. The summed E-state index contributed by atoms with van der Waals surface area (Å²) in [6, 6.07) is 19.3. The Labute approximate surface area is 195 Å². The first kappa shape index (κ1) is 21.8. The summed E-state index contributed by atoms with van der Waals surface area (Å²) in [4.78, 5) is 34.0. The van der Waals surface area contributed by atoms with E-state index >= 15 is 0 Å². The van der Waals surface area contributed by atoms with Crippen LogP contribution in [0.5, 0.6) is 0 Å². The number of carbonyl (C=O) groups is 2. The monoisotopic (exact) mass is 458 g/mol. The van der Waals surface area contributed by atoms with Crippen LogP contribution in [0.1, 0.15) is 23.1 Å². The van der Waals surface area contributed by atoms with Crippen LogP contribution >= 0.6 is 0 Å². The van der Waals surface area contributed by atoms with Gasteiger partial charge in [0.05, 0.1) is 6.42 Å². The summed E-state index contributed by atoms with van der Waals surface area (Å²) in [5, 5.41) is 5.81. The van der Waals surface area contributed by atoms with Crippen molar-refractivity contribution in [3.05, 3.63) is 83.9 Å². The number of piperazine rings is 1. The highest BCUT2D eigenvalue weighted by Crippen LogP contribution is 2.23. The van der Waals surface area contributed by atoms with Crippen molar-refractivity contribution in [1.29, 1.82) is 0 Å². The molecule has 0 radical (unpaired) electrons. The molecular weight excluding hydrogens is 435 g/mol. The molecule has 0 N–H and O–H groups in total. The molecule has 2 heterocycles. The van der Waals surface area contributed by atoms with Crippen LogP contribution in [0.2, 0.25) is 0 Å². The molecular formula is C26H23FN4O3. The highest BCUT2D eigenvalue weighted by Gasteiger charge is 2.31. The Hall–Kier alpha value is -4.07. The van der Waals surface area contributed by atoms with Gasteiger partial charge in [-0.2, -0.15) is 4.98 Å². The van der Waals surface area contributed by atoms with E-state index in [-0.39, 0.29) is 36.0 Å². The Morgan fingerprint density at radius 3 is 2.68 bits per heavy atom. The molecule has 1 aliphatic heterocycles. The Bertz CT molecular complexity index is 1360. The molecule has 0 aliphatic carbocycles. The highest BCUT2D eigenvalue weighted by atomic mass is 19.1. The zero-order chi connectivity index (χ0) is 23.7. The van der Waals surface area contributed by atoms with E-state index in [4.69, 9.17) is 4.52 Å². The minimum atomic E-state index is -0.404. The first-order chi connectivity index (χ1) is 16.5. The molecule has 0 saturated carbocycles. The first-order valence-corrected chi connectivity index (χ1v) is 11.1. The molecule has 8 heteroatoms. The van der Waals surface area contributed by atoms with Gasteiger partial charge in [0.1, 0.15) is 5.82 Å². The Balaban J connectivity index is 1.24. The molecule has 172 valence electrons.